The van der Waals surface area contributed by atoms with Gasteiger partial charge < -0.3 is 14.8 Å². The number of piperazine rings is 1. The number of pyridine rings is 1. The molecule has 1 aliphatic rings. The van der Waals surface area contributed by atoms with E-state index in [2.05, 4.69) is 9.97 Å². The molecule has 0 unspecified atom stereocenters. The van der Waals surface area contributed by atoms with Crippen molar-refractivity contribution in [3.63, 3.8) is 0 Å². The number of benzene rings is 1. The third-order valence-electron chi connectivity index (χ3n) is 4.59. The van der Waals surface area contributed by atoms with Crippen LogP contribution in [0.3, 0.4) is 0 Å². The molecule has 0 atom stereocenters. The van der Waals surface area contributed by atoms with Crippen LogP contribution in [-0.4, -0.2) is 51.9 Å². The van der Waals surface area contributed by atoms with Crippen molar-refractivity contribution in [3.8, 4) is 0 Å². The number of aromatic nitrogens is 2. The number of para-hydroxylation sites is 1. The first-order valence-electron chi connectivity index (χ1n) is 8.34. The van der Waals surface area contributed by atoms with Crippen molar-refractivity contribution in [3.05, 3.63) is 64.5 Å². The first-order chi connectivity index (χ1) is 12.6. The van der Waals surface area contributed by atoms with Gasteiger partial charge in [-0.05, 0) is 18.2 Å². The van der Waals surface area contributed by atoms with E-state index in [0.717, 1.165) is 10.9 Å². The molecule has 1 fully saturated rings. The summed E-state index contributed by atoms with van der Waals surface area (Å²) in [6.45, 7) is 2.42. The van der Waals surface area contributed by atoms with Gasteiger partial charge >= 0.3 is 0 Å². The van der Waals surface area contributed by atoms with E-state index in [4.69, 9.17) is 0 Å². The average Bonchev–Trinajstić information content (AvgIpc) is 3.12. The molecule has 1 aliphatic heterocycles. The first-order valence-corrected chi connectivity index (χ1v) is 8.34. The Balaban J connectivity index is 1.42. The second-order valence-corrected chi connectivity index (χ2v) is 6.18. The summed E-state index contributed by atoms with van der Waals surface area (Å²) in [6, 6.07) is 12.8. The lowest BCUT2D eigenvalue weighted by atomic mass is 10.2. The fourth-order valence-electron chi connectivity index (χ4n) is 3.17. The Morgan fingerprint density at radius 3 is 2.54 bits per heavy atom. The molecule has 2 aromatic heterocycles. The number of nitrogens with zero attached hydrogens (tertiary/aromatic N) is 4. The van der Waals surface area contributed by atoms with E-state index in [1.54, 1.807) is 6.07 Å². The van der Waals surface area contributed by atoms with E-state index < -0.39 is 4.92 Å². The third kappa shape index (κ3) is 2.97. The zero-order chi connectivity index (χ0) is 18.1. The summed E-state index contributed by atoms with van der Waals surface area (Å²) in [5, 5.41) is 11.7. The van der Waals surface area contributed by atoms with Crippen LogP contribution < -0.4 is 4.90 Å². The fourth-order valence-corrected chi connectivity index (χ4v) is 3.17. The molecule has 1 aromatic carbocycles. The monoisotopic (exact) mass is 351 g/mol. The van der Waals surface area contributed by atoms with Gasteiger partial charge in [-0.1, -0.05) is 18.2 Å². The SMILES string of the molecule is O=C(c1cc2ccccc2[nH]1)N1CCN(c2ccc([N+](=O)[O-])cn2)CC1. The summed E-state index contributed by atoms with van der Waals surface area (Å²) >= 11 is 0. The molecule has 1 saturated heterocycles. The number of rotatable bonds is 3. The Labute approximate surface area is 149 Å². The number of aromatic amines is 1. The number of nitro groups is 1. The molecule has 0 radical (unpaired) electrons. The molecule has 1 N–H and O–H groups in total. The largest absolute Gasteiger partial charge is 0.353 e. The number of hydrogen-bond acceptors (Lipinski definition) is 5. The van der Waals surface area contributed by atoms with E-state index in [1.165, 1.54) is 12.3 Å². The van der Waals surface area contributed by atoms with Crippen molar-refractivity contribution in [2.45, 2.75) is 0 Å². The van der Waals surface area contributed by atoms with Gasteiger partial charge in [0.25, 0.3) is 11.6 Å². The molecule has 0 aliphatic carbocycles. The van der Waals surface area contributed by atoms with Crippen molar-refractivity contribution < 1.29 is 9.72 Å². The third-order valence-corrected chi connectivity index (χ3v) is 4.59. The van der Waals surface area contributed by atoms with Crippen LogP contribution in [0.5, 0.6) is 0 Å². The Hall–Kier alpha value is -3.42. The van der Waals surface area contributed by atoms with Gasteiger partial charge in [-0.15, -0.1) is 0 Å². The number of nitrogens with one attached hydrogen (secondary N) is 1. The molecule has 26 heavy (non-hydrogen) atoms. The first kappa shape index (κ1) is 16.1. The molecule has 0 spiro atoms. The summed E-state index contributed by atoms with van der Waals surface area (Å²) < 4.78 is 0. The molecule has 132 valence electrons. The quantitative estimate of drug-likeness (QED) is 0.577. The molecule has 8 nitrogen and oxygen atoms in total. The smallest absolute Gasteiger partial charge is 0.287 e. The molecule has 8 heteroatoms. The molecular formula is C18H17N5O3. The Morgan fingerprint density at radius 1 is 1.12 bits per heavy atom. The number of fused-ring (bicyclic) bond motifs is 1. The van der Waals surface area contributed by atoms with E-state index in [0.29, 0.717) is 37.7 Å². The molecule has 3 heterocycles. The van der Waals surface area contributed by atoms with Crippen molar-refractivity contribution in [1.82, 2.24) is 14.9 Å². The van der Waals surface area contributed by atoms with Crippen LogP contribution in [0.15, 0.2) is 48.7 Å². The molecule has 3 aromatic rings. The fraction of sp³-hybridized carbons (Fsp3) is 0.222. The van der Waals surface area contributed by atoms with Crippen molar-refractivity contribution in [1.29, 1.82) is 0 Å². The number of carbonyl (C=O) groups excluding carboxylic acids is 1. The molecule has 0 saturated carbocycles. The molecular weight excluding hydrogens is 334 g/mol. The van der Waals surface area contributed by atoms with Gasteiger partial charge in [-0.25, -0.2) is 4.98 Å². The number of amides is 1. The average molecular weight is 351 g/mol. The van der Waals surface area contributed by atoms with Crippen LogP contribution in [0, 0.1) is 10.1 Å². The van der Waals surface area contributed by atoms with Crippen LogP contribution in [0.25, 0.3) is 10.9 Å². The number of hydrogen-bond donors (Lipinski definition) is 1. The highest BCUT2D eigenvalue weighted by Gasteiger charge is 2.24. The predicted octanol–water partition coefficient (Wildman–Crippen LogP) is 2.43. The maximum Gasteiger partial charge on any atom is 0.287 e. The van der Waals surface area contributed by atoms with Crippen LogP contribution in [0.2, 0.25) is 0 Å². The van der Waals surface area contributed by atoms with E-state index in [-0.39, 0.29) is 11.6 Å². The van der Waals surface area contributed by atoms with Gasteiger partial charge in [-0.2, -0.15) is 0 Å². The van der Waals surface area contributed by atoms with E-state index in [1.807, 2.05) is 40.1 Å². The van der Waals surface area contributed by atoms with Crippen molar-refractivity contribution >= 4 is 28.3 Å². The van der Waals surface area contributed by atoms with Gasteiger partial charge in [0.05, 0.1) is 4.92 Å². The lowest BCUT2D eigenvalue weighted by Crippen LogP contribution is -2.49. The minimum atomic E-state index is -0.465. The van der Waals surface area contributed by atoms with Gasteiger partial charge in [0.1, 0.15) is 17.7 Å². The van der Waals surface area contributed by atoms with Crippen LogP contribution in [0.4, 0.5) is 11.5 Å². The minimum absolute atomic E-state index is 0.0162. The summed E-state index contributed by atoms with van der Waals surface area (Å²) in [5.74, 6) is 0.672. The Kier molecular flexibility index (Phi) is 4.00. The number of carbonyl (C=O) groups is 1. The maximum absolute atomic E-state index is 12.7. The minimum Gasteiger partial charge on any atom is -0.353 e. The highest BCUT2D eigenvalue weighted by atomic mass is 16.6. The summed E-state index contributed by atoms with van der Waals surface area (Å²) in [7, 11) is 0. The number of anilines is 1. The second kappa shape index (κ2) is 6.47. The standard InChI is InChI=1S/C18H17N5O3/c24-18(16-11-13-3-1-2-4-15(13)20-16)22-9-7-21(8-10-22)17-6-5-14(12-19-17)23(25)26/h1-6,11-12,20H,7-10H2. The van der Waals surface area contributed by atoms with E-state index >= 15 is 0 Å². The van der Waals surface area contributed by atoms with Crippen molar-refractivity contribution in [2.75, 3.05) is 31.1 Å². The highest BCUT2D eigenvalue weighted by molar-refractivity contribution is 5.98. The zero-order valence-corrected chi connectivity index (χ0v) is 14.0. The van der Waals surface area contributed by atoms with Gasteiger partial charge in [0.15, 0.2) is 0 Å². The molecule has 4 rings (SSSR count). The van der Waals surface area contributed by atoms with Gasteiger partial charge in [0.2, 0.25) is 0 Å². The van der Waals surface area contributed by atoms with Crippen molar-refractivity contribution in [2.24, 2.45) is 0 Å². The lowest BCUT2D eigenvalue weighted by Gasteiger charge is -2.35. The lowest BCUT2D eigenvalue weighted by molar-refractivity contribution is -0.385. The van der Waals surface area contributed by atoms with Crippen LogP contribution in [0.1, 0.15) is 10.5 Å². The van der Waals surface area contributed by atoms with Crippen LogP contribution >= 0.6 is 0 Å². The van der Waals surface area contributed by atoms with Gasteiger partial charge in [0, 0.05) is 43.1 Å². The Morgan fingerprint density at radius 2 is 1.88 bits per heavy atom. The van der Waals surface area contributed by atoms with Gasteiger partial charge in [-0.3, -0.25) is 14.9 Å². The predicted molar refractivity (Wildman–Crippen MR) is 97.3 cm³/mol. The van der Waals surface area contributed by atoms with Crippen LogP contribution in [-0.2, 0) is 0 Å². The summed E-state index contributed by atoms with van der Waals surface area (Å²) in [5.41, 5.74) is 1.51. The molecule has 1 amide bonds. The Bertz CT molecular complexity index is 925. The maximum atomic E-state index is 12.7. The topological polar surface area (TPSA) is 95.4 Å². The highest BCUT2D eigenvalue weighted by Crippen LogP contribution is 2.19. The zero-order valence-electron chi connectivity index (χ0n) is 14.0. The summed E-state index contributed by atoms with van der Waals surface area (Å²) in [4.78, 5) is 34.1. The number of H-pyrrole nitrogens is 1. The second-order valence-electron chi connectivity index (χ2n) is 6.18. The summed E-state index contributed by atoms with van der Waals surface area (Å²) in [6.07, 6.45) is 1.26. The van der Waals surface area contributed by atoms with E-state index in [9.17, 15) is 14.9 Å². The molecule has 0 bridgehead atoms. The normalized spacial score (nSPS) is 14.6.